The number of hydrogen-bond donors (Lipinski definition) is 1. The minimum Gasteiger partial charge on any atom is -0.487 e. The molecule has 1 heterocycles. The van der Waals surface area contributed by atoms with Crippen LogP contribution < -0.4 is 15.0 Å². The molecule has 1 aromatic rings. The summed E-state index contributed by atoms with van der Waals surface area (Å²) < 4.78 is 5.83. The molecular formula is C25H34N2O3. The lowest BCUT2D eigenvalue weighted by molar-refractivity contribution is -0.128. The van der Waals surface area contributed by atoms with Crippen molar-refractivity contribution in [3.63, 3.8) is 0 Å². The highest BCUT2D eigenvalue weighted by atomic mass is 16.5. The van der Waals surface area contributed by atoms with Gasteiger partial charge < -0.3 is 15.0 Å². The average Bonchev–Trinajstić information content (AvgIpc) is 2.70. The van der Waals surface area contributed by atoms with Gasteiger partial charge in [0.1, 0.15) is 11.9 Å². The Kier molecular flexibility index (Phi) is 5.03. The standard InChI is InChI=1S/C25H34N2O3/c1-16-15-27(21-5-3-4-6-22(21)30-16)24(29)8-7-23(28)26-17(2)25-12-18-9-19(13-25)11-20(10-18)14-25/h3-6,16-20H,7-15H2,1-2H3,(H,26,28)/t16-,17-,18?,19?,20?,25?/m0/s1. The number of amides is 2. The smallest absolute Gasteiger partial charge is 0.227 e. The summed E-state index contributed by atoms with van der Waals surface area (Å²) in [5, 5.41) is 3.29. The van der Waals surface area contributed by atoms with Gasteiger partial charge in [0, 0.05) is 18.9 Å². The highest BCUT2D eigenvalue weighted by Crippen LogP contribution is 2.61. The summed E-state index contributed by atoms with van der Waals surface area (Å²) >= 11 is 0. The van der Waals surface area contributed by atoms with Gasteiger partial charge >= 0.3 is 0 Å². The molecule has 0 spiro atoms. The second kappa shape index (κ2) is 7.58. The Labute approximate surface area is 179 Å². The summed E-state index contributed by atoms with van der Waals surface area (Å²) in [6, 6.07) is 7.84. The molecule has 0 unspecified atom stereocenters. The van der Waals surface area contributed by atoms with Gasteiger partial charge in [0.2, 0.25) is 11.8 Å². The van der Waals surface area contributed by atoms with Crippen molar-refractivity contribution < 1.29 is 14.3 Å². The molecule has 1 N–H and O–H groups in total. The normalized spacial score (nSPS) is 34.8. The predicted molar refractivity (Wildman–Crippen MR) is 116 cm³/mol. The summed E-state index contributed by atoms with van der Waals surface area (Å²) in [7, 11) is 0. The molecular weight excluding hydrogens is 376 g/mol. The zero-order valence-corrected chi connectivity index (χ0v) is 18.2. The van der Waals surface area contributed by atoms with Crippen molar-refractivity contribution >= 4 is 17.5 Å². The second-order valence-corrected chi connectivity index (χ2v) is 10.5. The molecule has 4 fully saturated rings. The van der Waals surface area contributed by atoms with Crippen molar-refractivity contribution in [2.24, 2.45) is 23.2 Å². The van der Waals surface area contributed by atoms with E-state index in [1.807, 2.05) is 31.2 Å². The van der Waals surface area contributed by atoms with E-state index in [2.05, 4.69) is 12.2 Å². The van der Waals surface area contributed by atoms with Crippen LogP contribution in [0.5, 0.6) is 5.75 Å². The van der Waals surface area contributed by atoms with Gasteiger partial charge in [-0.3, -0.25) is 9.59 Å². The number of nitrogens with one attached hydrogen (secondary N) is 1. The fraction of sp³-hybridized carbons (Fsp3) is 0.680. The Bertz CT molecular complexity index is 800. The first-order valence-corrected chi connectivity index (χ1v) is 11.8. The highest BCUT2D eigenvalue weighted by Gasteiger charge is 2.53. The van der Waals surface area contributed by atoms with Gasteiger partial charge in [0.25, 0.3) is 0 Å². The number of para-hydroxylation sites is 2. The summed E-state index contributed by atoms with van der Waals surface area (Å²) in [5.74, 6) is 3.38. The van der Waals surface area contributed by atoms with Crippen molar-refractivity contribution in [3.05, 3.63) is 24.3 Å². The van der Waals surface area contributed by atoms with Gasteiger partial charge in [0.15, 0.2) is 0 Å². The number of nitrogens with zero attached hydrogens (tertiary/aromatic N) is 1. The molecule has 1 aliphatic heterocycles. The van der Waals surface area contributed by atoms with Gasteiger partial charge in [-0.2, -0.15) is 0 Å². The van der Waals surface area contributed by atoms with Crippen LogP contribution in [0.25, 0.3) is 0 Å². The molecule has 4 bridgehead atoms. The lowest BCUT2D eigenvalue weighted by atomic mass is 9.48. The van der Waals surface area contributed by atoms with Crippen LogP contribution in [-0.4, -0.2) is 30.5 Å². The Morgan fingerprint density at radius 2 is 1.73 bits per heavy atom. The van der Waals surface area contributed by atoms with Crippen molar-refractivity contribution in [1.29, 1.82) is 0 Å². The van der Waals surface area contributed by atoms with Crippen molar-refractivity contribution in [3.8, 4) is 5.75 Å². The molecule has 2 atom stereocenters. The Balaban J connectivity index is 1.17. The first-order chi connectivity index (χ1) is 14.4. The first kappa shape index (κ1) is 19.9. The van der Waals surface area contributed by atoms with E-state index in [0.29, 0.717) is 12.0 Å². The SMILES string of the molecule is C[C@H](NC(=O)CCC(=O)N1C[C@H](C)Oc2ccccc21)C12CC3CC(CC(C3)C1)C2. The lowest BCUT2D eigenvalue weighted by Crippen LogP contribution is -2.55. The summed E-state index contributed by atoms with van der Waals surface area (Å²) in [6.45, 7) is 4.70. The third-order valence-corrected chi connectivity index (χ3v) is 8.17. The van der Waals surface area contributed by atoms with Crippen LogP contribution in [0.1, 0.15) is 65.2 Å². The first-order valence-electron chi connectivity index (χ1n) is 11.8. The summed E-state index contributed by atoms with van der Waals surface area (Å²) in [4.78, 5) is 27.4. The van der Waals surface area contributed by atoms with Gasteiger partial charge in [-0.1, -0.05) is 12.1 Å². The van der Waals surface area contributed by atoms with E-state index in [1.165, 1.54) is 38.5 Å². The molecule has 6 rings (SSSR count). The van der Waals surface area contributed by atoms with E-state index in [1.54, 1.807) is 4.90 Å². The highest BCUT2D eigenvalue weighted by molar-refractivity contribution is 5.97. The van der Waals surface area contributed by atoms with E-state index in [-0.39, 0.29) is 36.8 Å². The average molecular weight is 411 g/mol. The van der Waals surface area contributed by atoms with Crippen molar-refractivity contribution in [1.82, 2.24) is 5.32 Å². The minimum atomic E-state index is -0.0474. The lowest BCUT2D eigenvalue weighted by Gasteiger charge is -2.59. The van der Waals surface area contributed by atoms with E-state index in [0.717, 1.165) is 29.2 Å². The molecule has 4 saturated carbocycles. The molecule has 4 aliphatic carbocycles. The monoisotopic (exact) mass is 410 g/mol. The molecule has 162 valence electrons. The number of fused-ring (bicyclic) bond motifs is 1. The molecule has 1 aromatic carbocycles. The van der Waals surface area contributed by atoms with Crippen LogP contribution in [-0.2, 0) is 9.59 Å². The summed E-state index contributed by atoms with van der Waals surface area (Å²) in [6.07, 6.45) is 8.51. The number of carbonyl (C=O) groups excluding carboxylic acids is 2. The third kappa shape index (κ3) is 3.61. The number of carbonyl (C=O) groups is 2. The molecule has 30 heavy (non-hydrogen) atoms. The molecule has 0 saturated heterocycles. The number of hydrogen-bond acceptors (Lipinski definition) is 3. The maximum atomic E-state index is 12.9. The van der Waals surface area contributed by atoms with Gasteiger partial charge in [-0.05, 0) is 87.7 Å². The Morgan fingerprint density at radius 3 is 2.40 bits per heavy atom. The maximum Gasteiger partial charge on any atom is 0.227 e. The van der Waals surface area contributed by atoms with Crippen LogP contribution >= 0.6 is 0 Å². The predicted octanol–water partition coefficient (Wildman–Crippen LogP) is 4.30. The molecule has 5 aliphatic rings. The molecule has 0 aromatic heterocycles. The molecule has 5 heteroatoms. The van der Waals surface area contributed by atoms with E-state index >= 15 is 0 Å². The molecule has 5 nitrogen and oxygen atoms in total. The van der Waals surface area contributed by atoms with Crippen LogP contribution in [0.2, 0.25) is 0 Å². The fourth-order valence-corrected chi connectivity index (χ4v) is 7.16. The largest absolute Gasteiger partial charge is 0.487 e. The van der Waals surface area contributed by atoms with E-state index in [9.17, 15) is 9.59 Å². The second-order valence-electron chi connectivity index (χ2n) is 10.5. The minimum absolute atomic E-state index is 0.00444. The Morgan fingerprint density at radius 1 is 1.10 bits per heavy atom. The number of ether oxygens (including phenoxy) is 1. The maximum absolute atomic E-state index is 12.9. The van der Waals surface area contributed by atoms with Crippen LogP contribution in [0.15, 0.2) is 24.3 Å². The Hall–Kier alpha value is -2.04. The summed E-state index contributed by atoms with van der Waals surface area (Å²) in [5.41, 5.74) is 1.11. The molecule has 2 amide bonds. The zero-order chi connectivity index (χ0) is 20.9. The van der Waals surface area contributed by atoms with Gasteiger partial charge in [-0.15, -0.1) is 0 Å². The van der Waals surface area contributed by atoms with Crippen LogP contribution in [0.3, 0.4) is 0 Å². The van der Waals surface area contributed by atoms with Crippen LogP contribution in [0.4, 0.5) is 5.69 Å². The van der Waals surface area contributed by atoms with Gasteiger partial charge in [0.05, 0.1) is 12.2 Å². The topological polar surface area (TPSA) is 58.6 Å². The fourth-order valence-electron chi connectivity index (χ4n) is 7.16. The van der Waals surface area contributed by atoms with Crippen LogP contribution in [0, 0.1) is 23.2 Å². The van der Waals surface area contributed by atoms with Crippen molar-refractivity contribution in [2.45, 2.75) is 77.4 Å². The third-order valence-electron chi connectivity index (χ3n) is 8.17. The molecule has 0 radical (unpaired) electrons. The van der Waals surface area contributed by atoms with E-state index < -0.39 is 0 Å². The van der Waals surface area contributed by atoms with Crippen molar-refractivity contribution in [2.75, 3.05) is 11.4 Å². The quantitative estimate of drug-likeness (QED) is 0.787. The zero-order valence-electron chi connectivity index (χ0n) is 18.2. The number of rotatable bonds is 5. The van der Waals surface area contributed by atoms with E-state index in [4.69, 9.17) is 4.74 Å². The number of anilines is 1. The number of benzene rings is 1. The van der Waals surface area contributed by atoms with Gasteiger partial charge in [-0.25, -0.2) is 0 Å².